The molecule has 1 heterocycles. The fraction of sp³-hybridized carbons (Fsp3) is 0.455. The van der Waals surface area contributed by atoms with Crippen LogP contribution >= 0.6 is 11.3 Å². The van der Waals surface area contributed by atoms with Crippen molar-refractivity contribution in [1.82, 2.24) is 4.98 Å². The first-order valence-electron chi connectivity index (χ1n) is 5.71. The van der Waals surface area contributed by atoms with E-state index in [-0.39, 0.29) is 10.1 Å². The van der Waals surface area contributed by atoms with Crippen molar-refractivity contribution >= 4 is 28.7 Å². The molecule has 0 N–H and O–H groups in total. The number of allylic oxidation sites excluding steroid dienone is 1. The minimum atomic E-state index is -2.37. The summed E-state index contributed by atoms with van der Waals surface area (Å²) in [6, 6.07) is 0. The van der Waals surface area contributed by atoms with Crippen LogP contribution in [0.5, 0.6) is 0 Å². The van der Waals surface area contributed by atoms with Crippen molar-refractivity contribution < 1.29 is 22.6 Å². The molecule has 0 aromatic carbocycles. The Morgan fingerprint density at radius 1 is 1.55 bits per heavy atom. The Bertz CT molecular complexity index is 476. The molecule has 1 atom stereocenters. The van der Waals surface area contributed by atoms with Crippen LogP contribution in [0.25, 0.3) is 0 Å². The summed E-state index contributed by atoms with van der Waals surface area (Å²) in [7, 11) is 0. The number of hydrogen-bond acceptors (Lipinski definition) is 5. The normalized spacial score (nSPS) is 12.7. The van der Waals surface area contributed by atoms with Crippen molar-refractivity contribution in [1.29, 1.82) is 0 Å². The molecule has 1 rings (SSSR count). The Balaban J connectivity index is 2.47. The Morgan fingerprint density at radius 2 is 2.30 bits per heavy atom. The van der Waals surface area contributed by atoms with Crippen LogP contribution in [0.4, 0.5) is 13.2 Å². The summed E-state index contributed by atoms with van der Waals surface area (Å²) in [6.45, 7) is 2.28. The largest absolute Gasteiger partial charge is 0.610 e. The number of hydrogen-bond donors (Lipinski definition) is 0. The van der Waals surface area contributed by atoms with Crippen LogP contribution in [-0.4, -0.2) is 28.1 Å². The van der Waals surface area contributed by atoms with E-state index in [9.17, 15) is 17.7 Å². The molecule has 1 aromatic rings. The summed E-state index contributed by atoms with van der Waals surface area (Å²) in [5.41, 5.74) is 0. The van der Waals surface area contributed by atoms with Crippen molar-refractivity contribution in [2.45, 2.75) is 24.1 Å². The molecule has 9 heteroatoms. The fourth-order valence-electron chi connectivity index (χ4n) is 1.11. The second-order valence-electron chi connectivity index (χ2n) is 3.47. The van der Waals surface area contributed by atoms with E-state index in [0.29, 0.717) is 13.0 Å². The second-order valence-corrected chi connectivity index (χ2v) is 6.33. The lowest BCUT2D eigenvalue weighted by molar-refractivity contribution is 0.160. The van der Waals surface area contributed by atoms with Crippen LogP contribution in [0.1, 0.15) is 18.2 Å². The van der Waals surface area contributed by atoms with E-state index < -0.39 is 29.5 Å². The number of nitrogens with zero attached hydrogens (tertiary/aromatic N) is 2. The molecule has 0 amide bonds. The molecule has 0 radical (unpaired) electrons. The van der Waals surface area contributed by atoms with Gasteiger partial charge in [0.25, 0.3) is 0 Å². The highest BCUT2D eigenvalue weighted by Crippen LogP contribution is 2.22. The molecule has 20 heavy (non-hydrogen) atoms. The zero-order valence-corrected chi connectivity index (χ0v) is 12.3. The van der Waals surface area contributed by atoms with E-state index in [1.165, 1.54) is 17.5 Å². The molecule has 1 aromatic heterocycles. The smallest absolute Gasteiger partial charge is 0.301 e. The third-order valence-corrected chi connectivity index (χ3v) is 4.70. The number of thiazole rings is 1. The molecule has 0 aliphatic heterocycles. The zero-order chi connectivity index (χ0) is 15.0. The summed E-state index contributed by atoms with van der Waals surface area (Å²) >= 11 is -0.409. The van der Waals surface area contributed by atoms with Crippen LogP contribution < -0.4 is 0 Å². The first-order chi connectivity index (χ1) is 9.54. The lowest BCUT2D eigenvalue weighted by Gasteiger charge is -2.04. The Morgan fingerprint density at radius 3 is 2.95 bits per heavy atom. The van der Waals surface area contributed by atoms with E-state index in [1.54, 1.807) is 13.1 Å². The van der Waals surface area contributed by atoms with E-state index in [4.69, 9.17) is 4.84 Å². The van der Waals surface area contributed by atoms with Gasteiger partial charge in [0.1, 0.15) is 12.4 Å². The molecule has 0 saturated carbocycles. The molecule has 0 unspecified atom stereocenters. The van der Waals surface area contributed by atoms with E-state index >= 15 is 0 Å². The number of aromatic nitrogens is 1. The monoisotopic (exact) mass is 326 g/mol. The maximum absolute atomic E-state index is 12.6. The molecular weight excluding hydrogens is 313 g/mol. The van der Waals surface area contributed by atoms with Gasteiger partial charge in [0, 0.05) is 34.9 Å². The van der Waals surface area contributed by atoms with Gasteiger partial charge in [-0.1, -0.05) is 16.5 Å². The van der Waals surface area contributed by atoms with Gasteiger partial charge in [0.2, 0.25) is 0 Å². The molecule has 0 fully saturated rings. The van der Waals surface area contributed by atoms with Crippen LogP contribution in [0, 0.1) is 0 Å². The minimum Gasteiger partial charge on any atom is -0.610 e. The molecule has 0 aliphatic carbocycles. The van der Waals surface area contributed by atoms with Gasteiger partial charge in [-0.05, 0) is 6.92 Å². The first kappa shape index (κ1) is 17.0. The molecular formula is C11H13F3N2O2S2. The zero-order valence-electron chi connectivity index (χ0n) is 10.6. The van der Waals surface area contributed by atoms with E-state index in [2.05, 4.69) is 10.1 Å². The van der Waals surface area contributed by atoms with Crippen LogP contribution in [-0.2, 0) is 22.4 Å². The van der Waals surface area contributed by atoms with E-state index in [0.717, 1.165) is 4.88 Å². The van der Waals surface area contributed by atoms with Crippen LogP contribution in [0.2, 0.25) is 0 Å². The molecule has 0 bridgehead atoms. The van der Waals surface area contributed by atoms with Crippen molar-refractivity contribution in [3.63, 3.8) is 0 Å². The van der Waals surface area contributed by atoms with E-state index in [1.807, 2.05) is 0 Å². The summed E-state index contributed by atoms with van der Waals surface area (Å²) < 4.78 is 48.3. The average Bonchev–Trinajstić information content (AvgIpc) is 2.89. The Hall–Kier alpha value is -1.06. The highest BCUT2D eigenvalue weighted by molar-refractivity contribution is 7.93. The van der Waals surface area contributed by atoms with Gasteiger partial charge < -0.3 is 9.39 Å². The van der Waals surface area contributed by atoms with Crippen molar-refractivity contribution in [2.24, 2.45) is 5.16 Å². The molecule has 0 saturated heterocycles. The predicted molar refractivity (Wildman–Crippen MR) is 72.2 cm³/mol. The second kappa shape index (κ2) is 8.98. The Kier molecular flexibility index (Phi) is 7.63. The average molecular weight is 326 g/mol. The topological polar surface area (TPSA) is 57.5 Å². The first-order valence-corrected chi connectivity index (χ1v) is 7.84. The number of rotatable bonds is 8. The third-order valence-electron chi connectivity index (χ3n) is 2.01. The standard InChI is InChI=1S/C11H13F3N2O2S2/c1-2-18-16-5-3-8-7-15-11(19-8)20(17)6-4-9(12)10(13)14/h5,7H,2-4,6H2,1H3/b16-5-/t20-/m0/s1. The van der Waals surface area contributed by atoms with Gasteiger partial charge in [-0.2, -0.15) is 13.8 Å². The van der Waals surface area contributed by atoms with Crippen LogP contribution in [0.3, 0.4) is 0 Å². The quantitative estimate of drug-likeness (QED) is 0.418. The van der Waals surface area contributed by atoms with Gasteiger partial charge in [0.05, 0.1) is 6.42 Å². The number of halogens is 3. The third kappa shape index (κ3) is 5.93. The highest BCUT2D eigenvalue weighted by Gasteiger charge is 2.18. The van der Waals surface area contributed by atoms with Crippen molar-refractivity contribution in [3.05, 3.63) is 23.0 Å². The molecule has 0 aliphatic rings. The maximum atomic E-state index is 12.6. The SMILES string of the molecule is CCO/N=C\Cc1cnc([S@@+]([O-])CCC(F)=C(F)F)s1. The minimum absolute atomic E-state index is 0.219. The molecule has 0 spiro atoms. The van der Waals surface area contributed by atoms with Crippen LogP contribution in [0.15, 0.2) is 27.6 Å². The molecule has 112 valence electrons. The maximum Gasteiger partial charge on any atom is 0.301 e. The van der Waals surface area contributed by atoms with Crippen molar-refractivity contribution in [3.8, 4) is 0 Å². The van der Waals surface area contributed by atoms with Gasteiger partial charge in [-0.15, -0.1) is 0 Å². The van der Waals surface area contributed by atoms with Crippen molar-refractivity contribution in [2.75, 3.05) is 12.4 Å². The fourth-order valence-corrected chi connectivity index (χ4v) is 3.35. The van der Waals surface area contributed by atoms with Gasteiger partial charge in [-0.3, -0.25) is 0 Å². The van der Waals surface area contributed by atoms with Gasteiger partial charge in [-0.25, -0.2) is 4.39 Å². The summed E-state index contributed by atoms with van der Waals surface area (Å²) in [6.07, 6.45) is 0.620. The lowest BCUT2D eigenvalue weighted by Crippen LogP contribution is -2.06. The Labute approximate surface area is 121 Å². The summed E-state index contributed by atoms with van der Waals surface area (Å²) in [5.74, 6) is -1.75. The number of oxime groups is 1. The predicted octanol–water partition coefficient (Wildman–Crippen LogP) is 3.28. The summed E-state index contributed by atoms with van der Waals surface area (Å²) in [4.78, 5) is 9.51. The lowest BCUT2D eigenvalue weighted by atomic mass is 10.4. The van der Waals surface area contributed by atoms with Gasteiger partial charge >= 0.3 is 10.4 Å². The highest BCUT2D eigenvalue weighted by atomic mass is 32.2. The molecule has 4 nitrogen and oxygen atoms in total. The summed E-state index contributed by atoms with van der Waals surface area (Å²) in [5, 5.41) is 3.66. The van der Waals surface area contributed by atoms with Gasteiger partial charge in [0.15, 0.2) is 5.83 Å².